The van der Waals surface area contributed by atoms with Gasteiger partial charge in [-0.25, -0.2) is 9.59 Å². The summed E-state index contributed by atoms with van der Waals surface area (Å²) in [6.07, 6.45) is 2.56. The zero-order chi connectivity index (χ0) is 27.1. The van der Waals surface area contributed by atoms with Gasteiger partial charge in [-0.1, -0.05) is 41.8 Å². The van der Waals surface area contributed by atoms with Crippen molar-refractivity contribution in [3.8, 4) is 5.88 Å². The number of carboxylic acid groups (broad SMARTS) is 1. The van der Waals surface area contributed by atoms with E-state index in [1.165, 1.54) is 0 Å². The highest BCUT2D eigenvalue weighted by Crippen LogP contribution is 2.41. The van der Waals surface area contributed by atoms with Crippen LogP contribution in [0.15, 0.2) is 81.9 Å². The number of nitrogens with zero attached hydrogens (tertiary/aromatic N) is 3. The molecule has 0 atom stereocenters. The van der Waals surface area contributed by atoms with Crippen LogP contribution in [0.5, 0.6) is 5.88 Å². The van der Waals surface area contributed by atoms with Crippen molar-refractivity contribution < 1.29 is 19.8 Å². The number of hydrogen-bond donors (Lipinski definition) is 3. The Morgan fingerprint density at radius 2 is 1.87 bits per heavy atom. The molecule has 8 nitrogen and oxygen atoms in total. The monoisotopic (exact) mass is 550 g/mol. The molecule has 1 aromatic heterocycles. The Bertz CT molecular complexity index is 1480. The number of aromatic hydroxyl groups is 1. The first kappa shape index (κ1) is 27.2. The number of urea groups is 1. The molecule has 38 heavy (non-hydrogen) atoms. The SMILES string of the molecule is CCCn1c(O)c(N=NC(=O)Nc2cccc(Cl)c2)c2cc(SCCCc3ccc(C(=O)O)cc3)ccc21. The summed E-state index contributed by atoms with van der Waals surface area (Å²) >= 11 is 7.64. The maximum Gasteiger partial charge on any atom is 0.364 e. The van der Waals surface area contributed by atoms with Crippen LogP contribution in [-0.2, 0) is 13.0 Å². The first-order valence-corrected chi connectivity index (χ1v) is 13.5. The van der Waals surface area contributed by atoms with Crippen LogP contribution in [0, 0.1) is 0 Å². The van der Waals surface area contributed by atoms with Gasteiger partial charge in [-0.3, -0.25) is 0 Å². The second-order valence-electron chi connectivity index (χ2n) is 8.60. The number of benzene rings is 3. The van der Waals surface area contributed by atoms with Crippen LogP contribution in [0.4, 0.5) is 16.2 Å². The van der Waals surface area contributed by atoms with Crippen molar-refractivity contribution in [1.82, 2.24) is 4.57 Å². The van der Waals surface area contributed by atoms with Crippen LogP contribution < -0.4 is 5.32 Å². The lowest BCUT2D eigenvalue weighted by molar-refractivity contribution is 0.0697. The van der Waals surface area contributed by atoms with E-state index in [0.717, 1.165) is 41.0 Å². The van der Waals surface area contributed by atoms with Crippen molar-refractivity contribution in [2.45, 2.75) is 37.6 Å². The molecule has 0 unspecified atom stereocenters. The highest BCUT2D eigenvalue weighted by Gasteiger charge is 2.17. The Labute approximate surface area is 229 Å². The van der Waals surface area contributed by atoms with Gasteiger partial charge >= 0.3 is 12.0 Å². The fourth-order valence-corrected chi connectivity index (χ4v) is 5.11. The molecule has 0 saturated heterocycles. The predicted octanol–water partition coefficient (Wildman–Crippen LogP) is 8.15. The van der Waals surface area contributed by atoms with Gasteiger partial charge in [-0.15, -0.1) is 16.9 Å². The van der Waals surface area contributed by atoms with Gasteiger partial charge in [-0.2, -0.15) is 0 Å². The average Bonchev–Trinajstić information content (AvgIpc) is 3.15. The molecule has 4 rings (SSSR count). The standard InChI is InChI=1S/C28H27ClN4O4S/c1-2-14-33-24-13-12-22(38-15-4-5-18-8-10-19(11-9-18)27(35)36)17-23(24)25(26(33)34)31-32-28(37)30-21-7-3-6-20(29)16-21/h3,6-13,16-17,34H,2,4-5,14-15H2,1H3,(H,30,37)(H,35,36). The van der Waals surface area contributed by atoms with Gasteiger partial charge in [0.2, 0.25) is 5.88 Å². The Morgan fingerprint density at radius 1 is 1.08 bits per heavy atom. The van der Waals surface area contributed by atoms with Crippen LogP contribution >= 0.6 is 23.4 Å². The summed E-state index contributed by atoms with van der Waals surface area (Å²) in [4.78, 5) is 24.4. The predicted molar refractivity (Wildman–Crippen MR) is 151 cm³/mol. The molecule has 0 bridgehead atoms. The van der Waals surface area contributed by atoms with Crippen molar-refractivity contribution in [2.24, 2.45) is 10.2 Å². The van der Waals surface area contributed by atoms with Gasteiger partial charge in [0, 0.05) is 27.5 Å². The van der Waals surface area contributed by atoms with E-state index in [4.69, 9.17) is 16.7 Å². The second kappa shape index (κ2) is 12.6. The van der Waals surface area contributed by atoms with Crippen LogP contribution in [0.3, 0.4) is 0 Å². The summed E-state index contributed by atoms with van der Waals surface area (Å²) in [5.41, 5.74) is 2.93. The van der Waals surface area contributed by atoms with Gasteiger partial charge in [0.1, 0.15) is 0 Å². The van der Waals surface area contributed by atoms with Crippen LogP contribution in [0.25, 0.3) is 10.9 Å². The second-order valence-corrected chi connectivity index (χ2v) is 10.2. The smallest absolute Gasteiger partial charge is 0.364 e. The molecule has 4 aromatic rings. The number of aryl methyl sites for hydroxylation is 2. The van der Waals surface area contributed by atoms with E-state index in [1.54, 1.807) is 52.7 Å². The van der Waals surface area contributed by atoms with Crippen molar-refractivity contribution >= 4 is 57.6 Å². The van der Waals surface area contributed by atoms with Crippen LogP contribution in [-0.4, -0.2) is 32.5 Å². The van der Waals surface area contributed by atoms with Gasteiger partial charge in [0.05, 0.1) is 11.1 Å². The first-order valence-electron chi connectivity index (χ1n) is 12.1. The highest BCUT2D eigenvalue weighted by atomic mass is 35.5. The summed E-state index contributed by atoms with van der Waals surface area (Å²) in [5.74, 6) is -0.109. The summed E-state index contributed by atoms with van der Waals surface area (Å²) in [7, 11) is 0. The van der Waals surface area contributed by atoms with Gasteiger partial charge in [0.25, 0.3) is 0 Å². The molecule has 0 aliphatic heterocycles. The topological polar surface area (TPSA) is 116 Å². The molecule has 3 N–H and O–H groups in total. The molecule has 196 valence electrons. The zero-order valence-electron chi connectivity index (χ0n) is 20.7. The van der Waals surface area contributed by atoms with Gasteiger partial charge < -0.3 is 20.1 Å². The average molecular weight is 551 g/mol. The number of hydrogen-bond acceptors (Lipinski definition) is 5. The maximum absolute atomic E-state index is 12.4. The molecule has 0 radical (unpaired) electrons. The maximum atomic E-state index is 12.4. The molecule has 0 aliphatic rings. The van der Waals surface area contributed by atoms with E-state index in [9.17, 15) is 14.7 Å². The number of anilines is 1. The highest BCUT2D eigenvalue weighted by molar-refractivity contribution is 7.99. The lowest BCUT2D eigenvalue weighted by atomic mass is 10.1. The molecule has 2 amide bonds. The molecule has 10 heteroatoms. The molecule has 1 heterocycles. The fraction of sp³-hybridized carbons (Fsp3) is 0.214. The summed E-state index contributed by atoms with van der Waals surface area (Å²) in [6.45, 7) is 2.62. The number of nitrogens with one attached hydrogen (secondary N) is 1. The van der Waals surface area contributed by atoms with Crippen LogP contribution in [0.1, 0.15) is 35.7 Å². The minimum absolute atomic E-state index is 0.0342. The third kappa shape index (κ3) is 6.73. The number of amides is 2. The lowest BCUT2D eigenvalue weighted by Crippen LogP contribution is -2.04. The number of carbonyl (C=O) groups is 2. The number of fused-ring (bicyclic) bond motifs is 1. The van der Waals surface area contributed by atoms with Crippen molar-refractivity contribution in [3.05, 3.63) is 82.9 Å². The number of rotatable bonds is 10. The van der Waals surface area contributed by atoms with Gasteiger partial charge in [-0.05, 0) is 79.1 Å². The van der Waals surface area contributed by atoms with E-state index in [0.29, 0.717) is 22.6 Å². The van der Waals surface area contributed by atoms with E-state index < -0.39 is 12.0 Å². The summed E-state index contributed by atoms with van der Waals surface area (Å²) in [6, 6.07) is 18.9. The minimum atomic E-state index is -0.929. The largest absolute Gasteiger partial charge is 0.493 e. The number of aromatic nitrogens is 1. The van der Waals surface area contributed by atoms with E-state index in [1.807, 2.05) is 37.3 Å². The molecule has 0 fully saturated rings. The normalized spacial score (nSPS) is 11.3. The molecule has 0 spiro atoms. The Balaban J connectivity index is 1.47. The number of carboxylic acids is 1. The molecular formula is C28H27ClN4O4S. The van der Waals surface area contributed by atoms with Gasteiger partial charge in [0.15, 0.2) is 5.69 Å². The minimum Gasteiger partial charge on any atom is -0.493 e. The fourth-order valence-electron chi connectivity index (χ4n) is 4.03. The Kier molecular flexibility index (Phi) is 9.04. The number of thioether (sulfide) groups is 1. The summed E-state index contributed by atoms with van der Waals surface area (Å²) in [5, 5.41) is 31.6. The Hall–Kier alpha value is -3.82. The van der Waals surface area contributed by atoms with Crippen LogP contribution in [0.2, 0.25) is 5.02 Å². The third-order valence-electron chi connectivity index (χ3n) is 5.82. The van der Waals surface area contributed by atoms with E-state index >= 15 is 0 Å². The molecule has 0 aliphatic carbocycles. The molecule has 3 aromatic carbocycles. The number of azo groups is 1. The number of halogens is 1. The number of aromatic carboxylic acids is 1. The van der Waals surface area contributed by atoms with Crippen molar-refractivity contribution in [3.63, 3.8) is 0 Å². The van der Waals surface area contributed by atoms with Crippen molar-refractivity contribution in [2.75, 3.05) is 11.1 Å². The Morgan fingerprint density at radius 3 is 2.58 bits per heavy atom. The molecular weight excluding hydrogens is 524 g/mol. The third-order valence-corrected chi connectivity index (χ3v) is 7.14. The lowest BCUT2D eigenvalue weighted by Gasteiger charge is -2.06. The van der Waals surface area contributed by atoms with E-state index in [-0.39, 0.29) is 17.1 Å². The quantitative estimate of drug-likeness (QED) is 0.105. The van der Waals surface area contributed by atoms with Crippen molar-refractivity contribution in [1.29, 1.82) is 0 Å². The zero-order valence-corrected chi connectivity index (χ0v) is 22.3. The van der Waals surface area contributed by atoms with E-state index in [2.05, 4.69) is 15.5 Å². The molecule has 0 saturated carbocycles. The first-order chi connectivity index (χ1) is 18.4. The summed E-state index contributed by atoms with van der Waals surface area (Å²) < 4.78 is 1.77. The number of carbonyl (C=O) groups excluding carboxylic acids is 1.